The molecule has 0 radical (unpaired) electrons. The van der Waals surface area contributed by atoms with Gasteiger partial charge in [0.1, 0.15) is 5.75 Å². The highest BCUT2D eigenvalue weighted by atomic mass is 127. The third-order valence-corrected chi connectivity index (χ3v) is 5.76. The highest BCUT2D eigenvalue weighted by Gasteiger charge is 2.46. The Hall–Kier alpha value is -1.28. The van der Waals surface area contributed by atoms with Crippen molar-refractivity contribution in [2.24, 2.45) is 4.99 Å². The molecule has 6 heteroatoms. The van der Waals surface area contributed by atoms with E-state index in [2.05, 4.69) is 46.1 Å². The summed E-state index contributed by atoms with van der Waals surface area (Å²) >= 11 is 1.78. The van der Waals surface area contributed by atoms with Crippen LogP contribution in [0.5, 0.6) is 5.75 Å². The smallest absolute Gasteiger partial charge is 0.191 e. The lowest BCUT2D eigenvalue weighted by molar-refractivity contribution is 0.403. The van der Waals surface area contributed by atoms with E-state index in [1.54, 1.807) is 18.4 Å². The van der Waals surface area contributed by atoms with Gasteiger partial charge in [0.05, 0.1) is 13.7 Å². The van der Waals surface area contributed by atoms with Crippen LogP contribution in [0.25, 0.3) is 0 Å². The molecule has 2 N–H and O–H groups in total. The van der Waals surface area contributed by atoms with E-state index in [1.165, 1.54) is 28.8 Å². The van der Waals surface area contributed by atoms with E-state index in [4.69, 9.17) is 4.74 Å². The maximum atomic E-state index is 5.54. The van der Waals surface area contributed by atoms with Gasteiger partial charge >= 0.3 is 0 Å². The van der Waals surface area contributed by atoms with Crippen LogP contribution in [-0.4, -0.2) is 26.7 Å². The molecule has 0 amide bonds. The lowest BCUT2D eigenvalue weighted by atomic mass is 9.95. The Morgan fingerprint density at radius 1 is 1.24 bits per heavy atom. The molecule has 1 aromatic heterocycles. The number of rotatable bonds is 6. The molecule has 2 aromatic rings. The van der Waals surface area contributed by atoms with Crippen molar-refractivity contribution in [3.8, 4) is 5.75 Å². The lowest BCUT2D eigenvalue weighted by Gasteiger charge is -2.21. The Labute approximate surface area is 171 Å². The Bertz CT molecular complexity index is 725. The van der Waals surface area contributed by atoms with Crippen molar-refractivity contribution in [1.29, 1.82) is 0 Å². The Morgan fingerprint density at radius 3 is 2.60 bits per heavy atom. The van der Waals surface area contributed by atoms with Crippen LogP contribution in [0, 0.1) is 6.92 Å². The van der Waals surface area contributed by atoms with Crippen LogP contribution in [0.3, 0.4) is 0 Å². The van der Waals surface area contributed by atoms with Gasteiger partial charge in [-0.2, -0.15) is 0 Å². The normalized spacial score (nSPS) is 15.2. The minimum atomic E-state index is 0. The van der Waals surface area contributed by atoms with Gasteiger partial charge in [-0.3, -0.25) is 4.99 Å². The monoisotopic (exact) mass is 471 g/mol. The predicted molar refractivity (Wildman–Crippen MR) is 117 cm³/mol. The highest BCUT2D eigenvalue weighted by Crippen LogP contribution is 2.50. The number of aliphatic imine (C=N–C) groups is 1. The number of hydrogen-bond donors (Lipinski definition) is 2. The van der Waals surface area contributed by atoms with Crippen LogP contribution < -0.4 is 15.4 Å². The number of benzene rings is 1. The maximum Gasteiger partial charge on any atom is 0.191 e. The van der Waals surface area contributed by atoms with E-state index in [0.717, 1.165) is 24.8 Å². The third kappa shape index (κ3) is 4.67. The van der Waals surface area contributed by atoms with Crippen LogP contribution in [0.2, 0.25) is 0 Å². The summed E-state index contributed by atoms with van der Waals surface area (Å²) in [5.74, 6) is 1.83. The molecule has 1 aliphatic carbocycles. The number of thiophene rings is 1. The van der Waals surface area contributed by atoms with Crippen molar-refractivity contribution in [3.05, 3.63) is 51.7 Å². The van der Waals surface area contributed by atoms with Crippen LogP contribution in [-0.2, 0) is 12.0 Å². The summed E-state index contributed by atoms with van der Waals surface area (Å²) in [5, 5.41) is 9.03. The fourth-order valence-electron chi connectivity index (χ4n) is 3.00. The van der Waals surface area contributed by atoms with E-state index < -0.39 is 0 Å². The third-order valence-electron chi connectivity index (χ3n) is 4.73. The molecule has 1 fully saturated rings. The number of aryl methyl sites for hydroxylation is 1. The molecule has 136 valence electrons. The van der Waals surface area contributed by atoms with Gasteiger partial charge in [-0.1, -0.05) is 18.2 Å². The summed E-state index contributed by atoms with van der Waals surface area (Å²) in [6.07, 6.45) is 2.36. The van der Waals surface area contributed by atoms with Gasteiger partial charge in [0, 0.05) is 29.4 Å². The van der Waals surface area contributed by atoms with Crippen molar-refractivity contribution in [2.75, 3.05) is 20.7 Å². The predicted octanol–water partition coefficient (Wildman–Crippen LogP) is 4.08. The number of guanidine groups is 1. The summed E-state index contributed by atoms with van der Waals surface area (Å²) in [4.78, 5) is 5.70. The molecule has 0 spiro atoms. The molecule has 3 rings (SSSR count). The molecule has 0 aliphatic heterocycles. The van der Waals surface area contributed by atoms with Crippen molar-refractivity contribution in [1.82, 2.24) is 10.6 Å². The summed E-state index contributed by atoms with van der Waals surface area (Å²) in [6, 6.07) is 10.5. The first kappa shape index (κ1) is 20.0. The van der Waals surface area contributed by atoms with Gasteiger partial charge in [0.2, 0.25) is 0 Å². The lowest BCUT2D eigenvalue weighted by Crippen LogP contribution is -2.40. The Morgan fingerprint density at radius 2 is 2.00 bits per heavy atom. The first-order valence-corrected chi connectivity index (χ1v) is 9.17. The number of para-hydroxylation sites is 1. The van der Waals surface area contributed by atoms with Gasteiger partial charge in [0.25, 0.3) is 0 Å². The van der Waals surface area contributed by atoms with Crippen LogP contribution in [0.4, 0.5) is 0 Å². The van der Waals surface area contributed by atoms with Crippen molar-refractivity contribution >= 4 is 41.3 Å². The Kier molecular flexibility index (Phi) is 7.13. The van der Waals surface area contributed by atoms with E-state index in [0.29, 0.717) is 0 Å². The molecule has 0 bridgehead atoms. The maximum absolute atomic E-state index is 5.54. The zero-order valence-electron chi connectivity index (χ0n) is 15.0. The van der Waals surface area contributed by atoms with E-state index in [9.17, 15) is 0 Å². The van der Waals surface area contributed by atoms with Gasteiger partial charge < -0.3 is 15.4 Å². The molecule has 1 heterocycles. The van der Waals surface area contributed by atoms with Crippen LogP contribution >= 0.6 is 35.3 Å². The molecule has 0 saturated heterocycles. The number of nitrogens with zero attached hydrogens (tertiary/aromatic N) is 1. The van der Waals surface area contributed by atoms with Crippen molar-refractivity contribution in [2.45, 2.75) is 31.7 Å². The van der Waals surface area contributed by atoms with E-state index >= 15 is 0 Å². The zero-order chi connectivity index (χ0) is 17.0. The second-order valence-corrected chi connectivity index (χ2v) is 7.29. The second-order valence-electron chi connectivity index (χ2n) is 6.29. The fraction of sp³-hybridized carbons (Fsp3) is 0.421. The topological polar surface area (TPSA) is 45.7 Å². The molecule has 1 aliphatic rings. The van der Waals surface area contributed by atoms with Gasteiger partial charge in [0.15, 0.2) is 5.96 Å². The Balaban J connectivity index is 0.00000225. The molecule has 0 atom stereocenters. The molecular weight excluding hydrogens is 445 g/mol. The molecule has 4 nitrogen and oxygen atoms in total. The van der Waals surface area contributed by atoms with Gasteiger partial charge in [-0.25, -0.2) is 0 Å². The van der Waals surface area contributed by atoms with Crippen molar-refractivity contribution < 1.29 is 4.74 Å². The first-order chi connectivity index (χ1) is 11.7. The van der Waals surface area contributed by atoms with Crippen molar-refractivity contribution in [3.63, 3.8) is 0 Å². The summed E-state index contributed by atoms with van der Waals surface area (Å²) < 4.78 is 5.54. The standard InChI is InChI=1S/C19H25N3OS.HI/c1-14-8-11-24-17(14)12-21-18(20-2)22-13-19(9-10-19)15-6-4-5-7-16(15)23-3;/h4-8,11H,9-10,12-13H2,1-3H3,(H2,20,21,22);1H. The molecule has 1 saturated carbocycles. The summed E-state index contributed by atoms with van der Waals surface area (Å²) in [7, 11) is 3.56. The summed E-state index contributed by atoms with van der Waals surface area (Å²) in [6.45, 7) is 3.83. The zero-order valence-corrected chi connectivity index (χ0v) is 18.1. The van der Waals surface area contributed by atoms with E-state index in [-0.39, 0.29) is 29.4 Å². The largest absolute Gasteiger partial charge is 0.496 e. The molecule has 25 heavy (non-hydrogen) atoms. The molecular formula is C19H26IN3OS. The van der Waals surface area contributed by atoms with Gasteiger partial charge in [-0.15, -0.1) is 35.3 Å². The SMILES string of the molecule is CN=C(NCc1sccc1C)NCC1(c2ccccc2OC)CC1.I. The minimum Gasteiger partial charge on any atom is -0.496 e. The number of nitrogens with one attached hydrogen (secondary N) is 2. The van der Waals surface area contributed by atoms with Crippen LogP contribution in [0.1, 0.15) is 28.8 Å². The highest BCUT2D eigenvalue weighted by molar-refractivity contribution is 14.0. The summed E-state index contributed by atoms with van der Waals surface area (Å²) in [5.41, 5.74) is 2.79. The molecule has 1 aromatic carbocycles. The quantitative estimate of drug-likeness (QED) is 0.379. The average Bonchev–Trinajstić information content (AvgIpc) is 3.30. The number of methoxy groups -OCH3 is 1. The molecule has 0 unspecified atom stereocenters. The minimum absolute atomic E-state index is 0. The number of hydrogen-bond acceptors (Lipinski definition) is 3. The number of ether oxygens (including phenoxy) is 1. The number of halogens is 1. The van der Waals surface area contributed by atoms with Crippen LogP contribution in [0.15, 0.2) is 40.7 Å². The van der Waals surface area contributed by atoms with E-state index in [1.807, 2.05) is 19.2 Å². The second kappa shape index (κ2) is 8.89. The average molecular weight is 471 g/mol. The van der Waals surface area contributed by atoms with Gasteiger partial charge in [-0.05, 0) is 42.8 Å². The first-order valence-electron chi connectivity index (χ1n) is 8.29. The fourth-order valence-corrected chi connectivity index (χ4v) is 3.84.